The van der Waals surface area contributed by atoms with Crippen molar-refractivity contribution in [3.8, 4) is 0 Å². The van der Waals surface area contributed by atoms with Gasteiger partial charge in [-0.3, -0.25) is 9.36 Å². The number of ether oxygens (including phenoxy) is 4. The van der Waals surface area contributed by atoms with E-state index in [1.807, 2.05) is 0 Å². The molecule has 0 bridgehead atoms. The standard InChI is InChI=1S/C23H48NO10P/c1-29-18-19-32-21-22(33-16-11-14-25)20-31-15-9-5-3-7-12-23(26)24-13-8-4-6-10-17-34-35(27,28)30-2/h22,25H,3-21H2,1-2H3,(H,24,26)(H,27,28)/p-1. The summed E-state index contributed by atoms with van der Waals surface area (Å²) in [5.74, 6) is 0.0633. The number of methoxy groups -OCH3 is 1. The summed E-state index contributed by atoms with van der Waals surface area (Å²) in [6.07, 6.45) is 7.88. The van der Waals surface area contributed by atoms with Crippen LogP contribution in [0, 0.1) is 0 Å². The normalized spacial score (nSPS) is 14.1. The predicted molar refractivity (Wildman–Crippen MR) is 130 cm³/mol. The van der Waals surface area contributed by atoms with E-state index in [1.165, 1.54) is 0 Å². The van der Waals surface area contributed by atoms with Crippen LogP contribution in [-0.4, -0.2) is 90.7 Å². The van der Waals surface area contributed by atoms with E-state index in [2.05, 4.69) is 14.4 Å². The maximum atomic E-state index is 11.9. The van der Waals surface area contributed by atoms with Crippen LogP contribution in [0.4, 0.5) is 0 Å². The maximum Gasteiger partial charge on any atom is 0.267 e. The van der Waals surface area contributed by atoms with Crippen LogP contribution in [-0.2, 0) is 37.4 Å². The lowest BCUT2D eigenvalue weighted by molar-refractivity contribution is -0.223. The number of carbonyl (C=O) groups excluding carboxylic acids is 1. The Bertz CT molecular complexity index is 527. The van der Waals surface area contributed by atoms with Gasteiger partial charge in [0.15, 0.2) is 0 Å². The average Bonchev–Trinajstić information content (AvgIpc) is 2.84. The smallest absolute Gasteiger partial charge is 0.267 e. The van der Waals surface area contributed by atoms with E-state index in [4.69, 9.17) is 24.1 Å². The SMILES string of the molecule is COCCOCC(COCCCCCCC(=O)NCCCCCCOP(=O)([O-])OC)OCCCO. The highest BCUT2D eigenvalue weighted by Crippen LogP contribution is 2.36. The quantitative estimate of drug-likeness (QED) is 0.120. The number of nitrogens with one attached hydrogen (secondary N) is 1. The number of phosphoric ester groups is 1. The number of amides is 1. The number of rotatable bonds is 27. The van der Waals surface area contributed by atoms with Gasteiger partial charge in [0.05, 0.1) is 33.0 Å². The number of phosphoric acid groups is 1. The van der Waals surface area contributed by atoms with Crippen molar-refractivity contribution >= 4 is 13.7 Å². The Hall–Kier alpha value is -0.620. The second-order valence-electron chi connectivity index (χ2n) is 8.10. The van der Waals surface area contributed by atoms with E-state index in [1.54, 1.807) is 7.11 Å². The predicted octanol–water partition coefficient (Wildman–Crippen LogP) is 2.19. The molecule has 0 aliphatic rings. The Balaban J connectivity index is 3.57. The highest BCUT2D eigenvalue weighted by atomic mass is 31.2. The summed E-state index contributed by atoms with van der Waals surface area (Å²) in [6, 6.07) is 0. The molecule has 0 saturated heterocycles. The topological polar surface area (TPSA) is 145 Å². The monoisotopic (exact) mass is 528 g/mol. The number of hydrogen-bond donors (Lipinski definition) is 2. The largest absolute Gasteiger partial charge is 0.756 e. The first-order chi connectivity index (χ1) is 16.9. The van der Waals surface area contributed by atoms with Gasteiger partial charge in [0.1, 0.15) is 6.10 Å². The molecule has 0 fully saturated rings. The molecule has 0 radical (unpaired) electrons. The highest BCUT2D eigenvalue weighted by molar-refractivity contribution is 7.45. The first kappa shape index (κ1) is 34.4. The molecular weight excluding hydrogens is 481 g/mol. The third-order valence-electron chi connectivity index (χ3n) is 5.00. The van der Waals surface area contributed by atoms with Crippen molar-refractivity contribution in [3.63, 3.8) is 0 Å². The molecule has 2 N–H and O–H groups in total. The summed E-state index contributed by atoms with van der Waals surface area (Å²) >= 11 is 0. The van der Waals surface area contributed by atoms with Gasteiger partial charge in [-0.05, 0) is 32.1 Å². The van der Waals surface area contributed by atoms with Crippen LogP contribution in [0.15, 0.2) is 0 Å². The molecule has 0 heterocycles. The molecule has 35 heavy (non-hydrogen) atoms. The molecule has 11 nitrogen and oxygen atoms in total. The van der Waals surface area contributed by atoms with Gasteiger partial charge in [-0.25, -0.2) is 0 Å². The Morgan fingerprint density at radius 3 is 2.20 bits per heavy atom. The van der Waals surface area contributed by atoms with Gasteiger partial charge in [0.25, 0.3) is 7.82 Å². The zero-order valence-corrected chi connectivity index (χ0v) is 22.5. The lowest BCUT2D eigenvalue weighted by Gasteiger charge is -2.19. The zero-order valence-electron chi connectivity index (χ0n) is 21.6. The van der Waals surface area contributed by atoms with Crippen molar-refractivity contribution in [1.82, 2.24) is 5.32 Å². The van der Waals surface area contributed by atoms with Gasteiger partial charge < -0.3 is 43.3 Å². The van der Waals surface area contributed by atoms with E-state index in [0.29, 0.717) is 65.4 Å². The van der Waals surface area contributed by atoms with Gasteiger partial charge >= 0.3 is 0 Å². The van der Waals surface area contributed by atoms with Crippen molar-refractivity contribution in [2.24, 2.45) is 0 Å². The maximum absolute atomic E-state index is 11.9. The van der Waals surface area contributed by atoms with Crippen LogP contribution >= 0.6 is 7.82 Å². The van der Waals surface area contributed by atoms with E-state index < -0.39 is 7.82 Å². The van der Waals surface area contributed by atoms with E-state index in [-0.39, 0.29) is 25.2 Å². The number of aliphatic hydroxyl groups excluding tert-OH is 1. The summed E-state index contributed by atoms with van der Waals surface area (Å²) in [7, 11) is -1.42. The molecule has 0 aromatic carbocycles. The molecule has 210 valence electrons. The molecule has 2 atom stereocenters. The first-order valence-corrected chi connectivity index (χ1v) is 14.1. The van der Waals surface area contributed by atoms with Crippen molar-refractivity contribution in [1.29, 1.82) is 0 Å². The summed E-state index contributed by atoms with van der Waals surface area (Å²) in [5, 5.41) is 11.8. The van der Waals surface area contributed by atoms with E-state index in [9.17, 15) is 14.3 Å². The van der Waals surface area contributed by atoms with Crippen LogP contribution in [0.2, 0.25) is 0 Å². The van der Waals surface area contributed by atoms with Crippen LogP contribution in [0.5, 0.6) is 0 Å². The molecule has 0 saturated carbocycles. The lowest BCUT2D eigenvalue weighted by Crippen LogP contribution is -2.27. The number of hydrogen-bond acceptors (Lipinski definition) is 10. The van der Waals surface area contributed by atoms with Crippen LogP contribution in [0.25, 0.3) is 0 Å². The van der Waals surface area contributed by atoms with Crippen LogP contribution in [0.1, 0.15) is 64.2 Å². The Morgan fingerprint density at radius 1 is 0.857 bits per heavy atom. The molecule has 0 rings (SSSR count). The summed E-state index contributed by atoms with van der Waals surface area (Å²) < 4.78 is 41.7. The second-order valence-corrected chi connectivity index (χ2v) is 9.62. The third kappa shape index (κ3) is 24.8. The lowest BCUT2D eigenvalue weighted by atomic mass is 10.1. The Morgan fingerprint density at radius 2 is 1.51 bits per heavy atom. The highest BCUT2D eigenvalue weighted by Gasteiger charge is 2.10. The van der Waals surface area contributed by atoms with Crippen molar-refractivity contribution in [3.05, 3.63) is 0 Å². The Labute approximate surface area is 210 Å². The summed E-state index contributed by atoms with van der Waals surface area (Å²) in [5.41, 5.74) is 0. The van der Waals surface area contributed by atoms with Gasteiger partial charge in [0, 0.05) is 47.0 Å². The molecular formula is C23H47NO10P-. The van der Waals surface area contributed by atoms with Gasteiger partial charge in [-0.15, -0.1) is 0 Å². The molecule has 0 aromatic rings. The van der Waals surface area contributed by atoms with E-state index in [0.717, 1.165) is 52.1 Å². The van der Waals surface area contributed by atoms with Crippen molar-refractivity contribution in [2.75, 3.05) is 73.6 Å². The summed E-state index contributed by atoms with van der Waals surface area (Å²) in [4.78, 5) is 22.9. The van der Waals surface area contributed by atoms with Gasteiger partial charge in [-0.2, -0.15) is 0 Å². The van der Waals surface area contributed by atoms with Crippen LogP contribution in [0.3, 0.4) is 0 Å². The second kappa shape index (κ2) is 25.0. The minimum atomic E-state index is -4.12. The molecule has 0 aliphatic heterocycles. The number of aliphatic hydroxyl groups is 1. The molecule has 12 heteroatoms. The molecule has 0 aromatic heterocycles. The Kier molecular flexibility index (Phi) is 24.6. The fraction of sp³-hybridized carbons (Fsp3) is 0.957. The van der Waals surface area contributed by atoms with Gasteiger partial charge in [0.2, 0.25) is 5.91 Å². The van der Waals surface area contributed by atoms with E-state index >= 15 is 0 Å². The van der Waals surface area contributed by atoms with Gasteiger partial charge in [-0.1, -0.05) is 25.7 Å². The zero-order chi connectivity index (χ0) is 26.0. The number of unbranched alkanes of at least 4 members (excludes halogenated alkanes) is 6. The number of carbonyl (C=O) groups is 1. The fourth-order valence-electron chi connectivity index (χ4n) is 3.00. The van der Waals surface area contributed by atoms with Crippen molar-refractivity contribution < 1.29 is 47.4 Å². The summed E-state index contributed by atoms with van der Waals surface area (Å²) in [6.45, 7) is 3.85. The molecule has 0 spiro atoms. The fourth-order valence-corrected chi connectivity index (χ4v) is 3.46. The molecule has 2 unspecified atom stereocenters. The third-order valence-corrected chi connectivity index (χ3v) is 5.95. The minimum Gasteiger partial charge on any atom is -0.756 e. The minimum absolute atomic E-state index is 0.0633. The van der Waals surface area contributed by atoms with Crippen molar-refractivity contribution in [2.45, 2.75) is 70.3 Å². The van der Waals surface area contributed by atoms with Crippen LogP contribution < -0.4 is 10.2 Å². The first-order valence-electron chi connectivity index (χ1n) is 12.6. The average molecular weight is 529 g/mol. The molecule has 0 aliphatic carbocycles. The molecule has 1 amide bonds.